The number of halogens is 1. The molecular weight excluding hydrogens is 547 g/mol. The number of ketones is 1. The van der Waals surface area contributed by atoms with Crippen LogP contribution in [-0.4, -0.2) is 54.6 Å². The topological polar surface area (TPSA) is 130 Å². The molecule has 1 heterocycles. The molecule has 2 unspecified atom stereocenters. The zero-order valence-electron chi connectivity index (χ0n) is 23.7. The summed E-state index contributed by atoms with van der Waals surface area (Å²) in [5.41, 5.74) is 2.66. The molecule has 0 spiro atoms. The number of allylic oxidation sites excluding steroid dienone is 1. The minimum Gasteiger partial charge on any atom is -0.392 e. The molecule has 0 radical (unpaired) electrons. The summed E-state index contributed by atoms with van der Waals surface area (Å²) in [6, 6.07) is 14.6. The van der Waals surface area contributed by atoms with Gasteiger partial charge in [0.25, 0.3) is 0 Å². The first-order valence-electron chi connectivity index (χ1n) is 13.1. The Morgan fingerprint density at radius 3 is 2.24 bits per heavy atom. The summed E-state index contributed by atoms with van der Waals surface area (Å²) in [5.74, 6) is -1.53. The summed E-state index contributed by atoms with van der Waals surface area (Å²) in [7, 11) is -2.34. The average Bonchev–Trinajstić information content (AvgIpc) is 2.91. The van der Waals surface area contributed by atoms with Crippen LogP contribution in [0.5, 0.6) is 0 Å². The Balaban J connectivity index is 1.84. The summed E-state index contributed by atoms with van der Waals surface area (Å²) in [6.45, 7) is 5.55. The van der Waals surface area contributed by atoms with Gasteiger partial charge in [-0.15, -0.1) is 0 Å². The third kappa shape index (κ3) is 8.76. The van der Waals surface area contributed by atoms with Crippen molar-refractivity contribution in [3.63, 3.8) is 0 Å². The highest BCUT2D eigenvalue weighted by atomic mass is 32.2. The van der Waals surface area contributed by atoms with Crippen molar-refractivity contribution in [1.29, 1.82) is 0 Å². The van der Waals surface area contributed by atoms with Gasteiger partial charge in [0.15, 0.2) is 5.78 Å². The van der Waals surface area contributed by atoms with Gasteiger partial charge in [-0.2, -0.15) is 0 Å². The number of anilines is 1. The maximum atomic E-state index is 13.7. The molecule has 0 saturated carbocycles. The zero-order chi connectivity index (χ0) is 30.3. The van der Waals surface area contributed by atoms with E-state index in [1.54, 1.807) is 0 Å². The Bertz CT molecular complexity index is 1510. The molecule has 1 aromatic heterocycles. The van der Waals surface area contributed by atoms with Crippen LogP contribution in [0.15, 0.2) is 60.7 Å². The first-order chi connectivity index (χ1) is 19.3. The fourth-order valence-corrected chi connectivity index (χ4v) is 4.46. The fraction of sp³-hybridized carbons (Fsp3) is 0.333. The van der Waals surface area contributed by atoms with E-state index < -0.39 is 27.7 Å². The Labute approximate surface area is 240 Å². The molecule has 2 atom stereocenters. The molecule has 0 aliphatic rings. The number of carbonyl (C=O) groups is 2. The Morgan fingerprint density at radius 2 is 1.66 bits per heavy atom. The predicted octanol–water partition coefficient (Wildman–Crippen LogP) is 4.40. The van der Waals surface area contributed by atoms with E-state index in [2.05, 4.69) is 15.3 Å². The van der Waals surface area contributed by atoms with Crippen molar-refractivity contribution in [3.05, 3.63) is 83.3 Å². The minimum absolute atomic E-state index is 0.0647. The van der Waals surface area contributed by atoms with Crippen molar-refractivity contribution in [2.75, 3.05) is 17.6 Å². The minimum atomic E-state index is -3.67. The van der Waals surface area contributed by atoms with E-state index in [9.17, 15) is 27.5 Å². The van der Waals surface area contributed by atoms with Crippen LogP contribution in [0, 0.1) is 5.82 Å². The summed E-state index contributed by atoms with van der Waals surface area (Å²) < 4.78 is 39.0. The molecule has 3 aromatic rings. The highest BCUT2D eigenvalue weighted by molar-refractivity contribution is 7.92. The number of hydrogen-bond acceptors (Lipinski definition) is 7. The maximum absolute atomic E-state index is 13.7. The number of aliphatic hydroxyl groups is 1. The summed E-state index contributed by atoms with van der Waals surface area (Å²) in [6.07, 6.45) is 2.07. The van der Waals surface area contributed by atoms with Crippen LogP contribution in [0.1, 0.15) is 62.4 Å². The molecule has 0 saturated heterocycles. The van der Waals surface area contributed by atoms with Crippen LogP contribution in [0.3, 0.4) is 0 Å². The smallest absolute Gasteiger partial charge is 0.239 e. The number of hydrogen-bond donors (Lipinski definition) is 2. The highest BCUT2D eigenvalue weighted by Gasteiger charge is 2.23. The number of aromatic nitrogens is 2. The number of amides is 1. The van der Waals surface area contributed by atoms with Crippen LogP contribution in [-0.2, 0) is 19.6 Å². The number of sulfonamides is 1. The van der Waals surface area contributed by atoms with Gasteiger partial charge in [-0.05, 0) is 54.8 Å². The van der Waals surface area contributed by atoms with Crippen LogP contribution < -0.4 is 9.62 Å². The van der Waals surface area contributed by atoms with Crippen LogP contribution in [0.4, 0.5) is 10.3 Å². The molecular formula is C30H35FN4O5S. The second-order valence-corrected chi connectivity index (χ2v) is 12.1. The fourth-order valence-electron chi connectivity index (χ4n) is 4.08. The number of rotatable bonds is 12. The van der Waals surface area contributed by atoms with Gasteiger partial charge in [-0.3, -0.25) is 9.59 Å². The first-order valence-corrected chi connectivity index (χ1v) is 15.0. The molecule has 0 aliphatic carbocycles. The van der Waals surface area contributed by atoms with Gasteiger partial charge < -0.3 is 10.4 Å². The van der Waals surface area contributed by atoms with E-state index >= 15 is 0 Å². The second-order valence-electron chi connectivity index (χ2n) is 10.1. The average molecular weight is 583 g/mol. The first kappa shape index (κ1) is 31.6. The van der Waals surface area contributed by atoms with Gasteiger partial charge in [-0.25, -0.2) is 27.1 Å². The Morgan fingerprint density at radius 1 is 1.02 bits per heavy atom. The van der Waals surface area contributed by atoms with Crippen molar-refractivity contribution in [2.45, 2.75) is 51.7 Å². The lowest BCUT2D eigenvalue weighted by atomic mass is 9.97. The number of aliphatic hydroxyl groups excluding tert-OH is 1. The van der Waals surface area contributed by atoms with E-state index in [4.69, 9.17) is 0 Å². The Kier molecular flexibility index (Phi) is 10.5. The van der Waals surface area contributed by atoms with Gasteiger partial charge in [0.1, 0.15) is 5.82 Å². The molecule has 2 N–H and O–H groups in total. The summed E-state index contributed by atoms with van der Waals surface area (Å²) in [4.78, 5) is 34.1. The molecule has 0 bridgehead atoms. The summed E-state index contributed by atoms with van der Waals surface area (Å²) in [5, 5.41) is 13.2. The van der Waals surface area contributed by atoms with Gasteiger partial charge in [0.2, 0.25) is 21.9 Å². The van der Waals surface area contributed by atoms with E-state index in [1.165, 1.54) is 43.5 Å². The highest BCUT2D eigenvalue weighted by Crippen LogP contribution is 2.31. The molecule has 0 aliphatic heterocycles. The zero-order valence-corrected chi connectivity index (χ0v) is 24.5. The van der Waals surface area contributed by atoms with Crippen molar-refractivity contribution in [3.8, 4) is 11.3 Å². The van der Waals surface area contributed by atoms with Gasteiger partial charge in [-0.1, -0.05) is 44.2 Å². The third-order valence-electron chi connectivity index (χ3n) is 6.38. The molecule has 41 heavy (non-hydrogen) atoms. The van der Waals surface area contributed by atoms with Crippen LogP contribution >= 0.6 is 0 Å². The van der Waals surface area contributed by atoms with E-state index in [-0.39, 0.29) is 36.7 Å². The van der Waals surface area contributed by atoms with Gasteiger partial charge >= 0.3 is 0 Å². The standard InChI is InChI=1S/C30H35FN4O5S/c1-19(2)28-26(29(22-11-13-23(31)14-12-22)34-30(33-28)35(4)41(5,39)40)16-15-24(36)17-25(37)18-27(38)32-20(3)21-9-7-6-8-10-21/h6-16,19-20,25,37H,17-18H2,1-5H3,(H,32,38). The largest absolute Gasteiger partial charge is 0.392 e. The number of carbonyl (C=O) groups excluding carboxylic acids is 2. The van der Waals surface area contributed by atoms with Crippen molar-refractivity contribution in [2.24, 2.45) is 0 Å². The van der Waals surface area contributed by atoms with Gasteiger partial charge in [0.05, 0.1) is 36.2 Å². The second kappa shape index (κ2) is 13.6. The maximum Gasteiger partial charge on any atom is 0.239 e. The van der Waals surface area contributed by atoms with Crippen molar-refractivity contribution in [1.82, 2.24) is 15.3 Å². The lowest BCUT2D eigenvalue weighted by molar-refractivity contribution is -0.124. The number of nitrogens with zero attached hydrogens (tertiary/aromatic N) is 3. The molecule has 1 amide bonds. The monoisotopic (exact) mass is 582 g/mol. The molecule has 218 valence electrons. The normalized spacial score (nSPS) is 13.3. The Hall–Kier alpha value is -3.96. The lowest BCUT2D eigenvalue weighted by Gasteiger charge is -2.20. The quantitative estimate of drug-likeness (QED) is 0.303. The van der Waals surface area contributed by atoms with E-state index in [0.29, 0.717) is 22.5 Å². The SMILES string of the molecule is CC(C)c1nc(N(C)S(C)(=O)=O)nc(-c2ccc(F)cc2)c1C=CC(=O)CC(O)CC(=O)NC(C)c1ccccc1. The molecule has 2 aromatic carbocycles. The third-order valence-corrected chi connectivity index (χ3v) is 7.54. The molecule has 11 heteroatoms. The van der Waals surface area contributed by atoms with Gasteiger partial charge in [0, 0.05) is 24.6 Å². The van der Waals surface area contributed by atoms with Crippen molar-refractivity contribution < 1.29 is 27.5 Å². The van der Waals surface area contributed by atoms with E-state index in [1.807, 2.05) is 51.1 Å². The molecule has 0 fully saturated rings. The summed E-state index contributed by atoms with van der Waals surface area (Å²) >= 11 is 0. The van der Waals surface area contributed by atoms with Crippen molar-refractivity contribution >= 4 is 33.7 Å². The van der Waals surface area contributed by atoms with E-state index in [0.717, 1.165) is 16.1 Å². The predicted molar refractivity (Wildman–Crippen MR) is 157 cm³/mol. The number of nitrogens with one attached hydrogen (secondary N) is 1. The van der Waals surface area contributed by atoms with Crippen LogP contribution in [0.25, 0.3) is 17.3 Å². The molecule has 9 nitrogen and oxygen atoms in total. The molecule has 3 rings (SSSR count). The van der Waals surface area contributed by atoms with Crippen LogP contribution in [0.2, 0.25) is 0 Å². The number of benzene rings is 2. The lowest BCUT2D eigenvalue weighted by Crippen LogP contribution is -2.30.